The van der Waals surface area contributed by atoms with Crippen molar-refractivity contribution in [2.24, 2.45) is 0 Å². The number of rotatable bonds is 9. The molecule has 2 nitrogen and oxygen atoms in total. The summed E-state index contributed by atoms with van der Waals surface area (Å²) in [6.07, 6.45) is 0. The maximum Gasteiger partial charge on any atom is 0.0701 e. The number of nitrogens with one attached hydrogen (secondary N) is 1. The summed E-state index contributed by atoms with van der Waals surface area (Å²) < 4.78 is 1.05. The first kappa shape index (κ1) is 29.3. The summed E-state index contributed by atoms with van der Waals surface area (Å²) in [6.45, 7) is 0. The molecule has 0 aliphatic rings. The van der Waals surface area contributed by atoms with Crippen LogP contribution < -0.4 is 10.2 Å². The summed E-state index contributed by atoms with van der Waals surface area (Å²) in [4.78, 5) is 2.30. The predicted octanol–water partition coefficient (Wildman–Crippen LogP) is 12.0. The standard InChI is InChI=1S/C43H33BrN2/c44-37-27-21-34(22-28-37)43(33-13-5-1-6-14-33,35-23-29-39(30-24-35)45-38-15-7-2-8-16-38)36-25-31-42(32-26-36)46(40-17-9-3-10-18-40)41-19-11-4-12-20-41/h1-32,45H. The van der Waals surface area contributed by atoms with E-state index in [1.54, 1.807) is 0 Å². The van der Waals surface area contributed by atoms with Gasteiger partial charge >= 0.3 is 0 Å². The van der Waals surface area contributed by atoms with Crippen LogP contribution in [0.4, 0.5) is 28.4 Å². The molecule has 1 unspecified atom stereocenters. The molecule has 0 aliphatic heterocycles. The Morgan fingerprint density at radius 1 is 0.348 bits per heavy atom. The molecule has 222 valence electrons. The van der Waals surface area contributed by atoms with Crippen molar-refractivity contribution in [1.82, 2.24) is 0 Å². The SMILES string of the molecule is Brc1ccc(C(c2ccccc2)(c2ccc(Nc3ccccc3)cc2)c2ccc(N(c3ccccc3)c3ccccc3)cc2)cc1. The van der Waals surface area contributed by atoms with Crippen molar-refractivity contribution in [3.63, 3.8) is 0 Å². The molecule has 0 radical (unpaired) electrons. The highest BCUT2D eigenvalue weighted by molar-refractivity contribution is 9.10. The van der Waals surface area contributed by atoms with Crippen LogP contribution in [0, 0.1) is 0 Å². The second-order valence-electron chi connectivity index (χ2n) is 11.2. The number of anilines is 5. The van der Waals surface area contributed by atoms with Crippen LogP contribution in [0.25, 0.3) is 0 Å². The molecule has 3 heteroatoms. The molecule has 1 N–H and O–H groups in total. The van der Waals surface area contributed by atoms with Crippen LogP contribution in [0.5, 0.6) is 0 Å². The van der Waals surface area contributed by atoms with Crippen molar-refractivity contribution >= 4 is 44.4 Å². The summed E-state index contributed by atoms with van der Waals surface area (Å²) in [5.74, 6) is 0. The van der Waals surface area contributed by atoms with Crippen LogP contribution in [0.15, 0.2) is 199 Å². The molecular weight excluding hydrogens is 624 g/mol. The normalized spacial score (nSPS) is 12.2. The highest BCUT2D eigenvalue weighted by Crippen LogP contribution is 2.46. The number of hydrogen-bond acceptors (Lipinski definition) is 2. The maximum atomic E-state index is 3.68. The Balaban J connectivity index is 1.39. The van der Waals surface area contributed by atoms with Gasteiger partial charge in [0.2, 0.25) is 0 Å². The summed E-state index contributed by atoms with van der Waals surface area (Å²) in [7, 11) is 0. The van der Waals surface area contributed by atoms with E-state index >= 15 is 0 Å². The van der Waals surface area contributed by atoms with Crippen LogP contribution in [-0.2, 0) is 5.41 Å². The summed E-state index contributed by atoms with van der Waals surface area (Å²) in [6, 6.07) is 68.9. The van der Waals surface area contributed by atoms with Crippen LogP contribution in [0.3, 0.4) is 0 Å². The molecular formula is C43H33BrN2. The van der Waals surface area contributed by atoms with E-state index < -0.39 is 5.41 Å². The molecule has 46 heavy (non-hydrogen) atoms. The van der Waals surface area contributed by atoms with Gasteiger partial charge in [-0.3, -0.25) is 0 Å². The Labute approximate surface area is 279 Å². The lowest BCUT2D eigenvalue weighted by atomic mass is 9.65. The van der Waals surface area contributed by atoms with Crippen molar-refractivity contribution in [2.45, 2.75) is 5.41 Å². The average Bonchev–Trinajstić information content (AvgIpc) is 3.13. The lowest BCUT2D eigenvalue weighted by Gasteiger charge is -2.37. The van der Waals surface area contributed by atoms with Crippen LogP contribution in [0.1, 0.15) is 22.3 Å². The van der Waals surface area contributed by atoms with Gasteiger partial charge in [-0.2, -0.15) is 0 Å². The number of halogens is 1. The van der Waals surface area contributed by atoms with Crippen LogP contribution in [-0.4, -0.2) is 0 Å². The Morgan fingerprint density at radius 3 is 1.20 bits per heavy atom. The number of nitrogens with zero attached hydrogens (tertiary/aromatic N) is 1. The highest BCUT2D eigenvalue weighted by atomic mass is 79.9. The second kappa shape index (κ2) is 13.3. The molecule has 0 aromatic heterocycles. The molecule has 1 atom stereocenters. The first-order valence-corrected chi connectivity index (χ1v) is 16.3. The summed E-state index contributed by atoms with van der Waals surface area (Å²) in [5.41, 5.74) is 9.66. The van der Waals surface area contributed by atoms with Crippen molar-refractivity contribution < 1.29 is 0 Å². The molecule has 0 saturated heterocycles. The van der Waals surface area contributed by atoms with Gasteiger partial charge in [-0.1, -0.05) is 137 Å². The molecule has 7 aromatic rings. The predicted molar refractivity (Wildman–Crippen MR) is 197 cm³/mol. The third-order valence-corrected chi connectivity index (χ3v) is 8.98. The monoisotopic (exact) mass is 656 g/mol. The number of para-hydroxylation sites is 3. The molecule has 0 bridgehead atoms. The fourth-order valence-corrected chi connectivity index (χ4v) is 6.61. The van der Waals surface area contributed by atoms with Crippen molar-refractivity contribution in [1.29, 1.82) is 0 Å². The summed E-state index contributed by atoms with van der Waals surface area (Å²) in [5, 5.41) is 3.55. The fraction of sp³-hybridized carbons (Fsp3) is 0.0233. The van der Waals surface area contributed by atoms with Gasteiger partial charge in [-0.15, -0.1) is 0 Å². The largest absolute Gasteiger partial charge is 0.356 e. The zero-order chi connectivity index (χ0) is 31.2. The van der Waals surface area contributed by atoms with Gasteiger partial charge in [0.25, 0.3) is 0 Å². The van der Waals surface area contributed by atoms with Crippen molar-refractivity contribution in [3.05, 3.63) is 221 Å². The average molecular weight is 658 g/mol. The molecule has 0 heterocycles. The van der Waals surface area contributed by atoms with Crippen molar-refractivity contribution in [2.75, 3.05) is 10.2 Å². The van der Waals surface area contributed by atoms with E-state index in [1.165, 1.54) is 22.3 Å². The van der Waals surface area contributed by atoms with E-state index in [9.17, 15) is 0 Å². The Bertz CT molecular complexity index is 1940. The zero-order valence-corrected chi connectivity index (χ0v) is 26.9. The molecule has 0 saturated carbocycles. The molecule has 7 aromatic carbocycles. The van der Waals surface area contributed by atoms with Gasteiger partial charge in [0.1, 0.15) is 0 Å². The third kappa shape index (κ3) is 5.85. The zero-order valence-electron chi connectivity index (χ0n) is 25.3. The Hall–Kier alpha value is -5.38. The van der Waals surface area contributed by atoms with Gasteiger partial charge in [-0.05, 0) is 95.1 Å². The van der Waals surface area contributed by atoms with Gasteiger partial charge < -0.3 is 10.2 Å². The Morgan fingerprint density at radius 2 is 0.696 bits per heavy atom. The maximum absolute atomic E-state index is 3.68. The van der Waals surface area contributed by atoms with Gasteiger partial charge in [0.15, 0.2) is 0 Å². The molecule has 7 rings (SSSR count). The topological polar surface area (TPSA) is 15.3 Å². The lowest BCUT2D eigenvalue weighted by molar-refractivity contribution is 0.745. The van der Waals surface area contributed by atoms with Crippen molar-refractivity contribution in [3.8, 4) is 0 Å². The molecule has 0 aliphatic carbocycles. The van der Waals surface area contributed by atoms with E-state index in [1.807, 2.05) is 18.2 Å². The van der Waals surface area contributed by atoms with Crippen LogP contribution in [0.2, 0.25) is 0 Å². The van der Waals surface area contributed by atoms with Gasteiger partial charge in [-0.25, -0.2) is 0 Å². The molecule has 0 spiro atoms. The first-order chi connectivity index (χ1) is 22.7. The van der Waals surface area contributed by atoms with E-state index in [2.05, 4.69) is 202 Å². The van der Waals surface area contributed by atoms with E-state index in [-0.39, 0.29) is 0 Å². The first-order valence-electron chi connectivity index (χ1n) is 15.5. The van der Waals surface area contributed by atoms with E-state index in [0.29, 0.717) is 0 Å². The van der Waals surface area contributed by atoms with Gasteiger partial charge in [0.05, 0.1) is 5.41 Å². The number of hydrogen-bond donors (Lipinski definition) is 1. The second-order valence-corrected chi connectivity index (χ2v) is 12.2. The van der Waals surface area contributed by atoms with E-state index in [4.69, 9.17) is 0 Å². The van der Waals surface area contributed by atoms with Gasteiger partial charge in [0, 0.05) is 32.9 Å². The lowest BCUT2D eigenvalue weighted by Crippen LogP contribution is -2.31. The molecule has 0 fully saturated rings. The smallest absolute Gasteiger partial charge is 0.0701 e. The minimum Gasteiger partial charge on any atom is -0.356 e. The third-order valence-electron chi connectivity index (χ3n) is 8.45. The minimum atomic E-state index is -0.559. The minimum absolute atomic E-state index is 0.559. The van der Waals surface area contributed by atoms with Crippen LogP contribution >= 0.6 is 15.9 Å². The quantitative estimate of drug-likeness (QED) is 0.155. The fourth-order valence-electron chi connectivity index (χ4n) is 6.34. The van der Waals surface area contributed by atoms with E-state index in [0.717, 1.165) is 32.9 Å². The summed E-state index contributed by atoms with van der Waals surface area (Å²) >= 11 is 3.68. The molecule has 0 amide bonds. The Kier molecular flexibility index (Phi) is 8.49. The highest BCUT2D eigenvalue weighted by Gasteiger charge is 2.38. The number of benzene rings is 7.